The number of rotatable bonds is 6. The van der Waals surface area contributed by atoms with Crippen molar-refractivity contribution < 1.29 is 9.53 Å². The lowest BCUT2D eigenvalue weighted by Crippen LogP contribution is -2.41. The summed E-state index contributed by atoms with van der Waals surface area (Å²) in [5.41, 5.74) is 3.76. The second-order valence-corrected chi connectivity index (χ2v) is 6.30. The van der Waals surface area contributed by atoms with Crippen LogP contribution in [0.3, 0.4) is 0 Å². The maximum atomic E-state index is 12.3. The second-order valence-electron chi connectivity index (χ2n) is 6.30. The number of anilines is 1. The lowest BCUT2D eigenvalue weighted by molar-refractivity contribution is 0.242. The molecule has 4 nitrogen and oxygen atoms in total. The molecule has 3 rings (SSSR count). The summed E-state index contributed by atoms with van der Waals surface area (Å²) >= 11 is 0. The van der Waals surface area contributed by atoms with Gasteiger partial charge in [-0.2, -0.15) is 0 Å². The Hall–Kier alpha value is -2.49. The molecule has 0 aromatic heterocycles. The molecule has 4 heteroatoms. The molecule has 0 spiro atoms. The van der Waals surface area contributed by atoms with Crippen LogP contribution < -0.4 is 15.0 Å². The van der Waals surface area contributed by atoms with E-state index < -0.39 is 0 Å². The van der Waals surface area contributed by atoms with Crippen LogP contribution in [0.5, 0.6) is 5.75 Å². The highest BCUT2D eigenvalue weighted by atomic mass is 16.5. The van der Waals surface area contributed by atoms with Gasteiger partial charge < -0.3 is 10.1 Å². The third-order valence-corrected chi connectivity index (χ3v) is 4.60. The van der Waals surface area contributed by atoms with Crippen molar-refractivity contribution >= 4 is 11.7 Å². The smallest absolute Gasteiger partial charge is 0.321 e. The van der Waals surface area contributed by atoms with Crippen LogP contribution in [0.1, 0.15) is 30.9 Å². The summed E-state index contributed by atoms with van der Waals surface area (Å²) in [5.74, 6) is 0.894. The quantitative estimate of drug-likeness (QED) is 0.803. The van der Waals surface area contributed by atoms with Crippen molar-refractivity contribution in [3.05, 3.63) is 59.7 Å². The van der Waals surface area contributed by atoms with Gasteiger partial charge in [-0.3, -0.25) is 4.90 Å². The van der Waals surface area contributed by atoms with E-state index >= 15 is 0 Å². The first-order valence-electron chi connectivity index (χ1n) is 9.13. The number of hydrogen-bond donors (Lipinski definition) is 1. The van der Waals surface area contributed by atoms with Crippen molar-refractivity contribution in [3.8, 4) is 5.75 Å². The van der Waals surface area contributed by atoms with Crippen molar-refractivity contribution in [2.24, 2.45) is 0 Å². The van der Waals surface area contributed by atoms with Crippen molar-refractivity contribution in [3.63, 3.8) is 0 Å². The fraction of sp³-hybridized carbons (Fsp3) is 0.381. The van der Waals surface area contributed by atoms with E-state index in [0.29, 0.717) is 19.7 Å². The Kier molecular flexibility index (Phi) is 5.94. The SMILES string of the molecule is CCN(C(=O)NCCOc1ccc2c(c1)CCCC2)c1ccccc1. The van der Waals surface area contributed by atoms with E-state index in [9.17, 15) is 4.79 Å². The summed E-state index contributed by atoms with van der Waals surface area (Å²) in [4.78, 5) is 14.1. The van der Waals surface area contributed by atoms with E-state index in [1.165, 1.54) is 30.4 Å². The molecule has 0 aliphatic heterocycles. The number of nitrogens with one attached hydrogen (secondary N) is 1. The van der Waals surface area contributed by atoms with Gasteiger partial charge in [0, 0.05) is 12.2 Å². The molecule has 25 heavy (non-hydrogen) atoms. The van der Waals surface area contributed by atoms with E-state index in [-0.39, 0.29) is 6.03 Å². The van der Waals surface area contributed by atoms with Gasteiger partial charge >= 0.3 is 6.03 Å². The lowest BCUT2D eigenvalue weighted by Gasteiger charge is -2.21. The zero-order chi connectivity index (χ0) is 17.5. The minimum atomic E-state index is -0.0947. The Balaban J connectivity index is 1.47. The Labute approximate surface area is 149 Å². The highest BCUT2D eigenvalue weighted by molar-refractivity contribution is 5.91. The average Bonchev–Trinajstić information content (AvgIpc) is 2.66. The molecule has 0 saturated carbocycles. The third-order valence-electron chi connectivity index (χ3n) is 4.60. The van der Waals surface area contributed by atoms with Crippen LogP contribution in [0.4, 0.5) is 10.5 Å². The molecule has 1 aliphatic rings. The minimum absolute atomic E-state index is 0.0947. The molecule has 0 saturated heterocycles. The highest BCUT2D eigenvalue weighted by Crippen LogP contribution is 2.25. The molecule has 2 aromatic carbocycles. The largest absolute Gasteiger partial charge is 0.492 e. The van der Waals surface area contributed by atoms with Crippen molar-refractivity contribution in [2.45, 2.75) is 32.6 Å². The Morgan fingerprint density at radius 1 is 1.08 bits per heavy atom. The van der Waals surface area contributed by atoms with Crippen LogP contribution in [0.25, 0.3) is 0 Å². The van der Waals surface area contributed by atoms with Crippen LogP contribution >= 0.6 is 0 Å². The van der Waals surface area contributed by atoms with Crippen molar-refractivity contribution in [1.82, 2.24) is 5.32 Å². The number of ether oxygens (including phenoxy) is 1. The zero-order valence-electron chi connectivity index (χ0n) is 14.8. The first kappa shape index (κ1) is 17.3. The monoisotopic (exact) mass is 338 g/mol. The van der Waals surface area contributed by atoms with Gasteiger partial charge in [0.2, 0.25) is 0 Å². The molecular weight excluding hydrogens is 312 g/mol. The second kappa shape index (κ2) is 8.56. The summed E-state index contributed by atoms with van der Waals surface area (Å²) < 4.78 is 5.81. The fourth-order valence-electron chi connectivity index (χ4n) is 3.27. The predicted molar refractivity (Wildman–Crippen MR) is 101 cm³/mol. The third kappa shape index (κ3) is 4.53. The van der Waals surface area contributed by atoms with E-state index in [1.54, 1.807) is 4.90 Å². The van der Waals surface area contributed by atoms with Gasteiger partial charge in [0.25, 0.3) is 0 Å². The number of para-hydroxylation sites is 1. The Morgan fingerprint density at radius 2 is 1.84 bits per heavy atom. The minimum Gasteiger partial charge on any atom is -0.492 e. The number of amides is 2. The molecule has 0 heterocycles. The number of aryl methyl sites for hydroxylation is 2. The maximum Gasteiger partial charge on any atom is 0.321 e. The first-order chi connectivity index (χ1) is 12.3. The van der Waals surface area contributed by atoms with Gasteiger partial charge in [0.15, 0.2) is 0 Å². The van der Waals surface area contributed by atoms with E-state index in [1.807, 2.05) is 43.3 Å². The fourth-order valence-corrected chi connectivity index (χ4v) is 3.27. The molecule has 0 unspecified atom stereocenters. The summed E-state index contributed by atoms with van der Waals surface area (Å²) in [7, 11) is 0. The molecule has 2 amide bonds. The van der Waals surface area contributed by atoms with Gasteiger partial charge in [-0.05, 0) is 68.0 Å². The summed E-state index contributed by atoms with van der Waals surface area (Å²) in [6, 6.07) is 16.0. The number of carbonyl (C=O) groups is 1. The first-order valence-corrected chi connectivity index (χ1v) is 9.13. The molecule has 0 bridgehead atoms. The van der Waals surface area contributed by atoms with E-state index in [2.05, 4.69) is 17.4 Å². The van der Waals surface area contributed by atoms with Crippen molar-refractivity contribution in [2.75, 3.05) is 24.6 Å². The number of benzene rings is 2. The highest BCUT2D eigenvalue weighted by Gasteiger charge is 2.13. The van der Waals surface area contributed by atoms with Crippen LogP contribution in [0, 0.1) is 0 Å². The Morgan fingerprint density at radius 3 is 2.60 bits per heavy atom. The summed E-state index contributed by atoms with van der Waals surface area (Å²) in [6.07, 6.45) is 4.87. The van der Waals surface area contributed by atoms with Crippen molar-refractivity contribution in [1.29, 1.82) is 0 Å². The zero-order valence-corrected chi connectivity index (χ0v) is 14.8. The van der Waals surface area contributed by atoms with Crippen LogP contribution in [0.15, 0.2) is 48.5 Å². The number of urea groups is 1. The standard InChI is InChI=1S/C21H26N2O2/c1-2-23(19-10-4-3-5-11-19)21(24)22-14-15-25-20-13-12-17-8-6-7-9-18(17)16-20/h3-5,10-13,16H,2,6-9,14-15H2,1H3,(H,22,24). The normalized spacial score (nSPS) is 13.0. The molecular formula is C21H26N2O2. The molecule has 132 valence electrons. The van der Waals surface area contributed by atoms with Crippen LogP contribution in [-0.4, -0.2) is 25.7 Å². The molecule has 1 aliphatic carbocycles. The van der Waals surface area contributed by atoms with Crippen LogP contribution in [-0.2, 0) is 12.8 Å². The Bertz CT molecular complexity index is 700. The van der Waals surface area contributed by atoms with Gasteiger partial charge in [0.05, 0.1) is 6.54 Å². The number of nitrogens with zero attached hydrogens (tertiary/aromatic N) is 1. The summed E-state index contributed by atoms with van der Waals surface area (Å²) in [5, 5.41) is 2.93. The molecule has 1 N–H and O–H groups in total. The average molecular weight is 338 g/mol. The van der Waals surface area contributed by atoms with Gasteiger partial charge in [-0.15, -0.1) is 0 Å². The number of carbonyl (C=O) groups excluding carboxylic acids is 1. The van der Waals surface area contributed by atoms with Gasteiger partial charge in [0.1, 0.15) is 12.4 Å². The number of hydrogen-bond acceptors (Lipinski definition) is 2. The lowest BCUT2D eigenvalue weighted by atomic mass is 9.92. The molecule has 2 aromatic rings. The van der Waals surface area contributed by atoms with Gasteiger partial charge in [-0.1, -0.05) is 24.3 Å². The summed E-state index contributed by atoms with van der Waals surface area (Å²) in [6.45, 7) is 3.55. The van der Waals surface area contributed by atoms with Gasteiger partial charge in [-0.25, -0.2) is 4.79 Å². The number of fused-ring (bicyclic) bond motifs is 1. The van der Waals surface area contributed by atoms with Crippen LogP contribution in [0.2, 0.25) is 0 Å². The predicted octanol–water partition coefficient (Wildman–Crippen LogP) is 4.18. The van der Waals surface area contributed by atoms with E-state index in [0.717, 1.165) is 17.9 Å². The van der Waals surface area contributed by atoms with E-state index in [4.69, 9.17) is 4.74 Å². The maximum absolute atomic E-state index is 12.3. The topological polar surface area (TPSA) is 41.6 Å². The molecule has 0 fully saturated rings. The molecule has 0 radical (unpaired) electrons. The molecule has 0 atom stereocenters.